The van der Waals surface area contributed by atoms with Gasteiger partial charge in [0.1, 0.15) is 5.75 Å². The topological polar surface area (TPSA) is 92.8 Å². The predicted octanol–water partition coefficient (Wildman–Crippen LogP) is 4.82. The highest BCUT2D eigenvalue weighted by Crippen LogP contribution is 2.50. The standard InChI is InChI=1S/C25H22F5N5O2/c1-14-2-4-16(5-3-14)19-12-24(25(28,29)30,31-22(36)20(19)21-32-34-35-33-21)17-6-8-18(9-7-17)37-13-15-10-23(26,27)11-15/h2-9,15H,10-13H2,1H3,(H,31,36)(H,32,33,34,35). The number of amides is 1. The summed E-state index contributed by atoms with van der Waals surface area (Å²) in [4.78, 5) is 13.2. The minimum atomic E-state index is -4.87. The van der Waals surface area contributed by atoms with E-state index in [-0.39, 0.29) is 53.7 Å². The molecule has 1 atom stereocenters. The van der Waals surface area contributed by atoms with E-state index in [1.165, 1.54) is 24.3 Å². The Morgan fingerprint density at radius 2 is 1.73 bits per heavy atom. The maximum atomic E-state index is 14.8. The summed E-state index contributed by atoms with van der Waals surface area (Å²) in [6, 6.07) is 11.9. The number of aryl methyl sites for hydroxylation is 1. The minimum Gasteiger partial charge on any atom is -0.493 e. The summed E-state index contributed by atoms with van der Waals surface area (Å²) < 4.78 is 75.9. The van der Waals surface area contributed by atoms with Crippen LogP contribution in [0.1, 0.15) is 41.8 Å². The van der Waals surface area contributed by atoms with Gasteiger partial charge in [0.2, 0.25) is 11.7 Å². The Morgan fingerprint density at radius 1 is 1.05 bits per heavy atom. The first-order chi connectivity index (χ1) is 17.5. The van der Waals surface area contributed by atoms with E-state index in [1.54, 1.807) is 24.3 Å². The van der Waals surface area contributed by atoms with E-state index in [9.17, 15) is 26.7 Å². The van der Waals surface area contributed by atoms with Crippen LogP contribution in [0.4, 0.5) is 22.0 Å². The molecular formula is C25H22F5N5O2. The number of benzene rings is 2. The van der Waals surface area contributed by atoms with Gasteiger partial charge in [0, 0.05) is 25.2 Å². The SMILES string of the molecule is Cc1ccc(C2=C(c3nn[nH]n3)C(=O)NC(c3ccc(OCC4CC(F)(F)C4)cc3)(C(F)(F)F)C2)cc1. The summed E-state index contributed by atoms with van der Waals surface area (Å²) in [5, 5.41) is 15.5. The average molecular weight is 519 g/mol. The predicted molar refractivity (Wildman–Crippen MR) is 122 cm³/mol. The van der Waals surface area contributed by atoms with Crippen LogP contribution in [0.25, 0.3) is 11.1 Å². The summed E-state index contributed by atoms with van der Waals surface area (Å²) in [5.41, 5.74) is -1.61. The van der Waals surface area contributed by atoms with Crippen LogP contribution in [0.2, 0.25) is 0 Å². The molecule has 0 bridgehead atoms. The number of rotatable bonds is 6. The number of carbonyl (C=O) groups is 1. The second-order valence-corrected chi connectivity index (χ2v) is 9.45. The van der Waals surface area contributed by atoms with Crippen molar-refractivity contribution in [3.05, 3.63) is 71.0 Å². The summed E-state index contributed by atoms with van der Waals surface area (Å²) >= 11 is 0. The molecule has 1 aromatic heterocycles. The zero-order chi connectivity index (χ0) is 26.4. The van der Waals surface area contributed by atoms with Crippen LogP contribution < -0.4 is 10.1 Å². The third kappa shape index (κ3) is 4.67. The summed E-state index contributed by atoms with van der Waals surface area (Å²) in [6.07, 6.45) is -6.04. The molecule has 1 aliphatic carbocycles. The second-order valence-electron chi connectivity index (χ2n) is 9.45. The first-order valence-corrected chi connectivity index (χ1v) is 11.5. The monoisotopic (exact) mass is 519 g/mol. The van der Waals surface area contributed by atoms with Crippen LogP contribution in [0.3, 0.4) is 0 Å². The smallest absolute Gasteiger partial charge is 0.416 e. The number of aromatic amines is 1. The molecule has 12 heteroatoms. The second kappa shape index (κ2) is 8.93. The maximum absolute atomic E-state index is 14.8. The van der Waals surface area contributed by atoms with E-state index in [1.807, 2.05) is 6.92 Å². The van der Waals surface area contributed by atoms with E-state index in [2.05, 4.69) is 25.9 Å². The Hall–Kier alpha value is -3.83. The third-order valence-electron chi connectivity index (χ3n) is 6.76. The first kappa shape index (κ1) is 24.8. The highest BCUT2D eigenvalue weighted by atomic mass is 19.4. The minimum absolute atomic E-state index is 0.0461. The number of H-pyrrole nitrogens is 1. The number of halogens is 5. The molecule has 0 spiro atoms. The van der Waals surface area contributed by atoms with Gasteiger partial charge in [0.15, 0.2) is 5.54 Å². The Kier molecular flexibility index (Phi) is 5.99. The van der Waals surface area contributed by atoms with Gasteiger partial charge in [-0.25, -0.2) is 8.78 Å². The maximum Gasteiger partial charge on any atom is 0.416 e. The van der Waals surface area contributed by atoms with Gasteiger partial charge < -0.3 is 10.1 Å². The van der Waals surface area contributed by atoms with Crippen LogP contribution in [0.5, 0.6) is 5.75 Å². The molecule has 2 aliphatic rings. The van der Waals surface area contributed by atoms with E-state index in [0.717, 1.165) is 5.56 Å². The van der Waals surface area contributed by atoms with Crippen LogP contribution in [-0.4, -0.2) is 45.2 Å². The molecule has 7 nitrogen and oxygen atoms in total. The van der Waals surface area contributed by atoms with Crippen molar-refractivity contribution in [1.82, 2.24) is 25.9 Å². The number of hydrogen-bond acceptors (Lipinski definition) is 5. The number of alkyl halides is 5. The normalized spacial score (nSPS) is 21.9. The molecule has 1 aliphatic heterocycles. The van der Waals surface area contributed by atoms with Crippen LogP contribution >= 0.6 is 0 Å². The summed E-state index contributed by atoms with van der Waals surface area (Å²) in [7, 11) is 0. The van der Waals surface area contributed by atoms with Gasteiger partial charge >= 0.3 is 6.18 Å². The van der Waals surface area contributed by atoms with Crippen LogP contribution in [0.15, 0.2) is 48.5 Å². The first-order valence-electron chi connectivity index (χ1n) is 11.5. The molecule has 3 aromatic rings. The van der Waals surface area contributed by atoms with Crippen LogP contribution in [-0.2, 0) is 10.3 Å². The van der Waals surface area contributed by atoms with Crippen molar-refractivity contribution < 1.29 is 31.5 Å². The molecule has 2 heterocycles. The Morgan fingerprint density at radius 3 is 2.30 bits per heavy atom. The zero-order valence-electron chi connectivity index (χ0n) is 19.6. The quantitative estimate of drug-likeness (QED) is 0.456. The zero-order valence-corrected chi connectivity index (χ0v) is 19.6. The number of aromatic nitrogens is 4. The number of nitrogens with zero attached hydrogens (tertiary/aromatic N) is 3. The molecule has 0 saturated heterocycles. The molecule has 37 heavy (non-hydrogen) atoms. The van der Waals surface area contributed by atoms with E-state index < -0.39 is 30.0 Å². The fraction of sp³-hybridized carbons (Fsp3) is 0.360. The van der Waals surface area contributed by atoms with E-state index in [4.69, 9.17) is 4.74 Å². The molecule has 194 valence electrons. The lowest BCUT2D eigenvalue weighted by Crippen LogP contribution is -2.58. The van der Waals surface area contributed by atoms with Crippen molar-refractivity contribution in [2.24, 2.45) is 5.92 Å². The van der Waals surface area contributed by atoms with E-state index in [0.29, 0.717) is 5.56 Å². The Bertz CT molecular complexity index is 1310. The lowest BCUT2D eigenvalue weighted by molar-refractivity contribution is -0.201. The fourth-order valence-corrected chi connectivity index (χ4v) is 4.76. The molecule has 0 radical (unpaired) electrons. The van der Waals surface area contributed by atoms with Crippen molar-refractivity contribution in [3.63, 3.8) is 0 Å². The number of nitrogens with one attached hydrogen (secondary N) is 2. The van der Waals surface area contributed by atoms with Crippen molar-refractivity contribution in [3.8, 4) is 5.75 Å². The van der Waals surface area contributed by atoms with Gasteiger partial charge in [-0.2, -0.15) is 18.4 Å². The number of carbonyl (C=O) groups excluding carboxylic acids is 1. The third-order valence-corrected chi connectivity index (χ3v) is 6.76. The largest absolute Gasteiger partial charge is 0.493 e. The Labute approximate surface area is 208 Å². The summed E-state index contributed by atoms with van der Waals surface area (Å²) in [5.74, 6) is -3.85. The van der Waals surface area contributed by atoms with Gasteiger partial charge in [-0.3, -0.25) is 4.79 Å². The molecule has 1 amide bonds. The van der Waals surface area contributed by atoms with Crippen molar-refractivity contribution in [2.45, 2.75) is 43.8 Å². The molecule has 1 unspecified atom stereocenters. The lowest BCUT2D eigenvalue weighted by atomic mass is 9.76. The van der Waals surface area contributed by atoms with E-state index >= 15 is 0 Å². The van der Waals surface area contributed by atoms with Crippen molar-refractivity contribution >= 4 is 17.1 Å². The van der Waals surface area contributed by atoms with Gasteiger partial charge in [-0.1, -0.05) is 42.0 Å². The summed E-state index contributed by atoms with van der Waals surface area (Å²) in [6.45, 7) is 1.89. The molecule has 2 N–H and O–H groups in total. The van der Waals surface area contributed by atoms with Crippen molar-refractivity contribution in [2.75, 3.05) is 6.61 Å². The number of hydrogen-bond donors (Lipinski definition) is 2. The fourth-order valence-electron chi connectivity index (χ4n) is 4.76. The van der Waals surface area contributed by atoms with Crippen molar-refractivity contribution in [1.29, 1.82) is 0 Å². The molecule has 1 saturated carbocycles. The molecule has 2 aromatic carbocycles. The highest BCUT2D eigenvalue weighted by Gasteiger charge is 2.60. The van der Waals surface area contributed by atoms with Gasteiger partial charge in [-0.05, 0) is 41.0 Å². The van der Waals surface area contributed by atoms with Gasteiger partial charge in [0.05, 0.1) is 12.2 Å². The molecule has 1 fully saturated rings. The van der Waals surface area contributed by atoms with Gasteiger partial charge in [-0.15, -0.1) is 10.2 Å². The Balaban J connectivity index is 1.50. The average Bonchev–Trinajstić information content (AvgIpc) is 3.35. The van der Waals surface area contributed by atoms with Crippen LogP contribution in [0, 0.1) is 12.8 Å². The highest BCUT2D eigenvalue weighted by molar-refractivity contribution is 6.27. The van der Waals surface area contributed by atoms with Gasteiger partial charge in [0.25, 0.3) is 5.91 Å². The number of ether oxygens (including phenoxy) is 1. The number of tetrazole rings is 1. The lowest BCUT2D eigenvalue weighted by Gasteiger charge is -2.41. The molecular weight excluding hydrogens is 497 g/mol. The molecule has 5 rings (SSSR count).